The van der Waals surface area contributed by atoms with Gasteiger partial charge in [0.15, 0.2) is 0 Å². The fourth-order valence-electron chi connectivity index (χ4n) is 2.17. The molecule has 6 nitrogen and oxygen atoms in total. The van der Waals surface area contributed by atoms with E-state index in [4.69, 9.17) is 4.98 Å². The second-order valence-corrected chi connectivity index (χ2v) is 7.30. The molecule has 0 amide bonds. The smallest absolute Gasteiger partial charge is 0.134 e. The van der Waals surface area contributed by atoms with E-state index in [1.807, 2.05) is 24.6 Å². The lowest BCUT2D eigenvalue weighted by Gasteiger charge is -2.20. The molecule has 0 atom stereocenters. The monoisotopic (exact) mass is 316 g/mol. The van der Waals surface area contributed by atoms with Gasteiger partial charge in [0.25, 0.3) is 0 Å². The summed E-state index contributed by atoms with van der Waals surface area (Å²) < 4.78 is 2.02. The van der Waals surface area contributed by atoms with E-state index in [1.54, 1.807) is 0 Å². The summed E-state index contributed by atoms with van der Waals surface area (Å²) in [4.78, 5) is 9.35. The van der Waals surface area contributed by atoms with Crippen LogP contribution in [0.15, 0.2) is 6.07 Å². The maximum Gasteiger partial charge on any atom is 0.134 e. The molecule has 1 N–H and O–H groups in total. The van der Waals surface area contributed by atoms with Gasteiger partial charge in [-0.2, -0.15) is 0 Å². The average molecular weight is 316 g/mol. The maximum atomic E-state index is 4.71. The number of aromatic nitrogens is 5. The zero-order chi connectivity index (χ0) is 17.2. The van der Waals surface area contributed by atoms with Crippen molar-refractivity contribution in [3.63, 3.8) is 0 Å². The number of nitrogens with zero attached hydrogens (tertiary/aromatic N) is 5. The largest absolute Gasteiger partial charge is 0.370 e. The third kappa shape index (κ3) is 4.27. The SMILES string of the molecule is Cc1nnc(CCNc2cc(C(C)(C)C)nc(C(C)C)n2)n1C. The van der Waals surface area contributed by atoms with Gasteiger partial charge in [-0.25, -0.2) is 9.97 Å². The Hall–Kier alpha value is -1.98. The number of anilines is 1. The molecule has 126 valence electrons. The molecule has 0 aliphatic rings. The Labute approximate surface area is 138 Å². The van der Waals surface area contributed by atoms with Gasteiger partial charge in [-0.3, -0.25) is 0 Å². The minimum Gasteiger partial charge on any atom is -0.370 e. The maximum absolute atomic E-state index is 4.71. The van der Waals surface area contributed by atoms with Crippen LogP contribution < -0.4 is 5.32 Å². The van der Waals surface area contributed by atoms with E-state index < -0.39 is 0 Å². The molecule has 0 radical (unpaired) electrons. The second kappa shape index (κ2) is 6.64. The summed E-state index contributed by atoms with van der Waals surface area (Å²) >= 11 is 0. The van der Waals surface area contributed by atoms with Crippen LogP contribution in [-0.4, -0.2) is 31.3 Å². The van der Waals surface area contributed by atoms with E-state index in [9.17, 15) is 0 Å². The van der Waals surface area contributed by atoms with Gasteiger partial charge < -0.3 is 9.88 Å². The molecule has 0 spiro atoms. The molecule has 2 rings (SSSR count). The fourth-order valence-corrected chi connectivity index (χ4v) is 2.17. The minimum absolute atomic E-state index is 0.00369. The van der Waals surface area contributed by atoms with E-state index >= 15 is 0 Å². The molecule has 2 aromatic heterocycles. The van der Waals surface area contributed by atoms with E-state index in [1.165, 1.54) is 0 Å². The molecule has 0 aliphatic heterocycles. The zero-order valence-corrected chi connectivity index (χ0v) is 15.3. The summed E-state index contributed by atoms with van der Waals surface area (Å²) in [6.45, 7) is 13.5. The molecule has 0 bridgehead atoms. The van der Waals surface area contributed by atoms with Crippen molar-refractivity contribution in [1.82, 2.24) is 24.7 Å². The van der Waals surface area contributed by atoms with Crippen molar-refractivity contribution in [3.05, 3.63) is 29.2 Å². The Morgan fingerprint density at radius 3 is 2.39 bits per heavy atom. The van der Waals surface area contributed by atoms with Gasteiger partial charge in [0, 0.05) is 37.4 Å². The number of hydrogen-bond donors (Lipinski definition) is 1. The minimum atomic E-state index is 0.00369. The van der Waals surface area contributed by atoms with Crippen LogP contribution in [0.3, 0.4) is 0 Å². The van der Waals surface area contributed by atoms with Crippen molar-refractivity contribution in [1.29, 1.82) is 0 Å². The summed E-state index contributed by atoms with van der Waals surface area (Å²) in [6, 6.07) is 2.05. The van der Waals surface area contributed by atoms with Gasteiger partial charge in [0.1, 0.15) is 23.3 Å². The summed E-state index contributed by atoms with van der Waals surface area (Å²) in [7, 11) is 1.99. The lowest BCUT2D eigenvalue weighted by molar-refractivity contribution is 0.558. The van der Waals surface area contributed by atoms with Crippen LogP contribution in [0.4, 0.5) is 5.82 Å². The van der Waals surface area contributed by atoms with Crippen LogP contribution in [0.5, 0.6) is 0 Å². The molecule has 2 heterocycles. The lowest BCUT2D eigenvalue weighted by atomic mass is 9.91. The van der Waals surface area contributed by atoms with Crippen molar-refractivity contribution in [2.45, 2.75) is 59.3 Å². The topological polar surface area (TPSA) is 68.5 Å². The highest BCUT2D eigenvalue weighted by Crippen LogP contribution is 2.24. The van der Waals surface area contributed by atoms with E-state index in [0.29, 0.717) is 5.92 Å². The first-order chi connectivity index (χ1) is 10.7. The molecular formula is C17H28N6. The molecule has 2 aromatic rings. The predicted octanol–water partition coefficient (Wildman–Crippen LogP) is 2.99. The molecule has 23 heavy (non-hydrogen) atoms. The van der Waals surface area contributed by atoms with E-state index in [-0.39, 0.29) is 5.41 Å². The van der Waals surface area contributed by atoms with Gasteiger partial charge >= 0.3 is 0 Å². The van der Waals surface area contributed by atoms with Crippen molar-refractivity contribution < 1.29 is 0 Å². The molecule has 0 aromatic carbocycles. The van der Waals surface area contributed by atoms with Crippen LogP contribution in [0.25, 0.3) is 0 Å². The Morgan fingerprint density at radius 1 is 1.17 bits per heavy atom. The quantitative estimate of drug-likeness (QED) is 0.918. The Bertz CT molecular complexity index is 666. The molecule has 0 unspecified atom stereocenters. The number of rotatable bonds is 5. The third-order valence-corrected chi connectivity index (χ3v) is 3.87. The Balaban J connectivity index is 2.12. The van der Waals surface area contributed by atoms with Crippen LogP contribution in [-0.2, 0) is 18.9 Å². The van der Waals surface area contributed by atoms with Crippen molar-refractivity contribution >= 4 is 5.82 Å². The molecule has 0 saturated heterocycles. The summed E-state index contributed by atoms with van der Waals surface area (Å²) in [6.07, 6.45) is 0.809. The summed E-state index contributed by atoms with van der Waals surface area (Å²) in [5.41, 5.74) is 1.07. The van der Waals surface area contributed by atoms with Gasteiger partial charge in [0.2, 0.25) is 0 Å². The van der Waals surface area contributed by atoms with Gasteiger partial charge in [0.05, 0.1) is 5.69 Å². The van der Waals surface area contributed by atoms with Crippen molar-refractivity contribution in [3.8, 4) is 0 Å². The first-order valence-electron chi connectivity index (χ1n) is 8.16. The number of nitrogens with one attached hydrogen (secondary N) is 1. The van der Waals surface area contributed by atoms with Gasteiger partial charge in [-0.05, 0) is 6.92 Å². The fraction of sp³-hybridized carbons (Fsp3) is 0.647. The van der Waals surface area contributed by atoms with Crippen LogP contribution in [0.2, 0.25) is 0 Å². The molecule has 0 saturated carbocycles. The van der Waals surface area contributed by atoms with Crippen LogP contribution >= 0.6 is 0 Å². The average Bonchev–Trinajstić information content (AvgIpc) is 2.78. The lowest BCUT2D eigenvalue weighted by Crippen LogP contribution is -2.18. The van der Waals surface area contributed by atoms with Crippen molar-refractivity contribution in [2.75, 3.05) is 11.9 Å². The second-order valence-electron chi connectivity index (χ2n) is 7.30. The molecule has 0 fully saturated rings. The predicted molar refractivity (Wildman–Crippen MR) is 92.8 cm³/mol. The van der Waals surface area contributed by atoms with E-state index in [0.717, 1.165) is 42.0 Å². The van der Waals surface area contributed by atoms with Gasteiger partial charge in [-0.15, -0.1) is 10.2 Å². The summed E-state index contributed by atoms with van der Waals surface area (Å²) in [5, 5.41) is 11.7. The number of aryl methyl sites for hydroxylation is 1. The zero-order valence-electron chi connectivity index (χ0n) is 15.3. The number of hydrogen-bond acceptors (Lipinski definition) is 5. The van der Waals surface area contributed by atoms with E-state index in [2.05, 4.69) is 55.1 Å². The van der Waals surface area contributed by atoms with Crippen molar-refractivity contribution in [2.24, 2.45) is 7.05 Å². The highest BCUT2D eigenvalue weighted by molar-refractivity contribution is 5.38. The first-order valence-corrected chi connectivity index (χ1v) is 8.16. The summed E-state index contributed by atoms with van der Waals surface area (Å²) in [5.74, 6) is 3.98. The highest BCUT2D eigenvalue weighted by Gasteiger charge is 2.19. The molecule has 0 aliphatic carbocycles. The first kappa shape index (κ1) is 17.4. The highest BCUT2D eigenvalue weighted by atomic mass is 15.3. The third-order valence-electron chi connectivity index (χ3n) is 3.87. The molecular weight excluding hydrogens is 288 g/mol. The standard InChI is InChI=1S/C17H28N6/c1-11(2)16-19-13(17(4,5)6)10-14(20-16)18-9-8-15-22-21-12(3)23(15)7/h10-11H,8-9H2,1-7H3,(H,18,19,20). The van der Waals surface area contributed by atoms with Gasteiger partial charge in [-0.1, -0.05) is 34.6 Å². The van der Waals surface area contributed by atoms with Crippen LogP contribution in [0.1, 0.15) is 63.7 Å². The normalized spacial score (nSPS) is 12.0. The Kier molecular flexibility index (Phi) is 5.02. The van der Waals surface area contributed by atoms with Crippen LogP contribution in [0, 0.1) is 6.92 Å². The Morgan fingerprint density at radius 2 is 1.87 bits per heavy atom. The molecule has 6 heteroatoms.